The van der Waals surface area contributed by atoms with E-state index in [0.29, 0.717) is 20.8 Å². The van der Waals surface area contributed by atoms with Crippen molar-refractivity contribution in [3.8, 4) is 11.4 Å². The van der Waals surface area contributed by atoms with E-state index in [4.69, 9.17) is 39.5 Å². The van der Waals surface area contributed by atoms with E-state index < -0.39 is 11.8 Å². The number of hydrogen-bond acceptors (Lipinski definition) is 4. The number of hydrazone groups is 1. The second-order valence-electron chi connectivity index (χ2n) is 6.76. The maximum atomic E-state index is 12.2. The summed E-state index contributed by atoms with van der Waals surface area (Å²) in [5, 5.41) is 7.77. The predicted molar refractivity (Wildman–Crippen MR) is 128 cm³/mol. The molecule has 1 aromatic heterocycles. The molecule has 2 aromatic carbocycles. The largest absolute Gasteiger partial charge is 0.495 e. The third kappa shape index (κ3) is 5.24. The Morgan fingerprint density at radius 2 is 1.69 bits per heavy atom. The van der Waals surface area contributed by atoms with Crippen LogP contribution >= 0.6 is 34.8 Å². The van der Waals surface area contributed by atoms with Crippen LogP contribution in [0.2, 0.25) is 15.1 Å². The molecule has 0 aliphatic carbocycles. The van der Waals surface area contributed by atoms with Crippen LogP contribution in [0.25, 0.3) is 5.69 Å². The third-order valence-electron chi connectivity index (χ3n) is 4.61. The second kappa shape index (κ2) is 10.1. The molecule has 0 saturated heterocycles. The van der Waals surface area contributed by atoms with E-state index in [9.17, 15) is 9.59 Å². The Labute approximate surface area is 199 Å². The van der Waals surface area contributed by atoms with Gasteiger partial charge in [-0.05, 0) is 56.3 Å². The SMILES string of the molecule is COc1ccc(Cl)cc1NC(=O)C(=O)N/N=C\c1cc(C)n(-c2ccc(Cl)cc2Cl)c1C. The lowest BCUT2D eigenvalue weighted by atomic mass is 10.2. The summed E-state index contributed by atoms with van der Waals surface area (Å²) in [5.41, 5.74) is 5.74. The van der Waals surface area contributed by atoms with Crippen molar-refractivity contribution in [2.75, 3.05) is 12.4 Å². The average molecular weight is 494 g/mol. The number of ether oxygens (including phenoxy) is 1. The van der Waals surface area contributed by atoms with Crippen molar-refractivity contribution in [1.29, 1.82) is 0 Å². The van der Waals surface area contributed by atoms with Crippen molar-refractivity contribution >= 4 is 58.5 Å². The van der Waals surface area contributed by atoms with Crippen LogP contribution in [0.3, 0.4) is 0 Å². The highest BCUT2D eigenvalue weighted by Crippen LogP contribution is 2.29. The van der Waals surface area contributed by atoms with E-state index in [1.54, 1.807) is 24.3 Å². The standard InChI is InChI=1S/C22H19Cl3N4O3/c1-12-8-14(13(2)29(12)19-6-4-15(23)9-17(19)25)11-26-28-22(31)21(30)27-18-10-16(24)5-7-20(18)32-3/h4-11H,1-3H3,(H,27,30)(H,28,31)/b26-11-. The van der Waals surface area contributed by atoms with Crippen LogP contribution in [0.1, 0.15) is 17.0 Å². The topological polar surface area (TPSA) is 84.7 Å². The van der Waals surface area contributed by atoms with Crippen LogP contribution in [-0.2, 0) is 9.59 Å². The van der Waals surface area contributed by atoms with Gasteiger partial charge < -0.3 is 14.6 Å². The minimum Gasteiger partial charge on any atom is -0.495 e. The lowest BCUT2D eigenvalue weighted by Crippen LogP contribution is -2.32. The number of carbonyl (C=O) groups excluding carboxylic acids is 2. The first-order chi connectivity index (χ1) is 15.2. The highest BCUT2D eigenvalue weighted by molar-refractivity contribution is 6.40. The fourth-order valence-corrected chi connectivity index (χ4v) is 3.78. The van der Waals surface area contributed by atoms with Crippen molar-refractivity contribution < 1.29 is 14.3 Å². The Hall–Kier alpha value is -3.00. The van der Waals surface area contributed by atoms with Gasteiger partial charge >= 0.3 is 11.8 Å². The molecule has 0 atom stereocenters. The minimum atomic E-state index is -0.946. The number of carbonyl (C=O) groups is 2. The molecule has 0 unspecified atom stereocenters. The summed E-state index contributed by atoms with van der Waals surface area (Å²) < 4.78 is 7.09. The van der Waals surface area contributed by atoms with Crippen LogP contribution in [-0.4, -0.2) is 29.7 Å². The van der Waals surface area contributed by atoms with Crippen molar-refractivity contribution in [1.82, 2.24) is 9.99 Å². The third-order valence-corrected chi connectivity index (χ3v) is 5.38. The molecule has 3 rings (SSSR count). The summed E-state index contributed by atoms with van der Waals surface area (Å²) in [7, 11) is 1.44. The Bertz CT molecular complexity index is 1220. The zero-order valence-corrected chi connectivity index (χ0v) is 19.6. The molecule has 7 nitrogen and oxygen atoms in total. The first kappa shape index (κ1) is 23.7. The van der Waals surface area contributed by atoms with Gasteiger partial charge in [-0.25, -0.2) is 5.43 Å². The maximum Gasteiger partial charge on any atom is 0.329 e. The number of methoxy groups -OCH3 is 1. The molecule has 0 saturated carbocycles. The molecule has 166 valence electrons. The summed E-state index contributed by atoms with van der Waals surface area (Å²) in [4.78, 5) is 24.3. The zero-order valence-electron chi connectivity index (χ0n) is 17.4. The normalized spacial score (nSPS) is 10.9. The summed E-state index contributed by atoms with van der Waals surface area (Å²) >= 11 is 18.3. The number of benzene rings is 2. The van der Waals surface area contributed by atoms with Crippen molar-refractivity contribution in [2.45, 2.75) is 13.8 Å². The highest BCUT2D eigenvalue weighted by Gasteiger charge is 2.16. The number of aryl methyl sites for hydroxylation is 1. The number of amides is 2. The summed E-state index contributed by atoms with van der Waals surface area (Å²) in [6.45, 7) is 3.80. The number of aromatic nitrogens is 1. The van der Waals surface area contributed by atoms with Gasteiger partial charge in [-0.2, -0.15) is 5.10 Å². The molecular formula is C22H19Cl3N4O3. The fourth-order valence-electron chi connectivity index (χ4n) is 3.12. The van der Waals surface area contributed by atoms with Crippen molar-refractivity contribution in [2.24, 2.45) is 5.10 Å². The monoisotopic (exact) mass is 492 g/mol. The van der Waals surface area contributed by atoms with E-state index in [-0.39, 0.29) is 5.69 Å². The summed E-state index contributed by atoms with van der Waals surface area (Å²) in [6.07, 6.45) is 1.45. The molecule has 10 heteroatoms. The average Bonchev–Trinajstić information content (AvgIpc) is 3.01. The van der Waals surface area contributed by atoms with E-state index in [0.717, 1.165) is 22.6 Å². The first-order valence-corrected chi connectivity index (χ1v) is 10.5. The van der Waals surface area contributed by atoms with Crippen LogP contribution in [0, 0.1) is 13.8 Å². The molecule has 2 amide bonds. The zero-order chi connectivity index (χ0) is 23.4. The van der Waals surface area contributed by atoms with Gasteiger partial charge in [-0.3, -0.25) is 9.59 Å². The van der Waals surface area contributed by atoms with E-state index in [2.05, 4.69) is 15.8 Å². The Morgan fingerprint density at radius 1 is 1.00 bits per heavy atom. The van der Waals surface area contributed by atoms with Gasteiger partial charge in [0.1, 0.15) is 5.75 Å². The van der Waals surface area contributed by atoms with Crippen LogP contribution in [0.4, 0.5) is 5.69 Å². The van der Waals surface area contributed by atoms with Crippen LogP contribution in [0.5, 0.6) is 5.75 Å². The molecule has 0 fully saturated rings. The molecule has 0 aliphatic rings. The molecular weight excluding hydrogens is 475 g/mol. The van der Waals surface area contributed by atoms with Crippen LogP contribution in [0.15, 0.2) is 47.6 Å². The fraction of sp³-hybridized carbons (Fsp3) is 0.136. The van der Waals surface area contributed by atoms with Crippen LogP contribution < -0.4 is 15.5 Å². The van der Waals surface area contributed by atoms with Gasteiger partial charge in [-0.1, -0.05) is 34.8 Å². The van der Waals surface area contributed by atoms with Gasteiger partial charge in [0.15, 0.2) is 0 Å². The van der Waals surface area contributed by atoms with Crippen molar-refractivity contribution in [3.63, 3.8) is 0 Å². The Kier molecular flexibility index (Phi) is 7.45. The number of anilines is 1. The molecule has 0 bridgehead atoms. The molecule has 0 aliphatic heterocycles. The van der Waals surface area contributed by atoms with Gasteiger partial charge in [0.05, 0.1) is 29.7 Å². The molecule has 32 heavy (non-hydrogen) atoms. The van der Waals surface area contributed by atoms with E-state index >= 15 is 0 Å². The Morgan fingerprint density at radius 3 is 2.38 bits per heavy atom. The number of rotatable bonds is 5. The van der Waals surface area contributed by atoms with E-state index in [1.165, 1.54) is 19.4 Å². The number of halogens is 3. The summed E-state index contributed by atoms with van der Waals surface area (Å²) in [6, 6.07) is 11.8. The number of hydrogen-bond donors (Lipinski definition) is 2. The van der Waals surface area contributed by atoms with Gasteiger partial charge in [0.2, 0.25) is 0 Å². The highest BCUT2D eigenvalue weighted by atomic mass is 35.5. The quantitative estimate of drug-likeness (QED) is 0.293. The molecule has 0 radical (unpaired) electrons. The predicted octanol–water partition coefficient (Wildman–Crippen LogP) is 5.15. The lowest BCUT2D eigenvalue weighted by Gasteiger charge is -2.11. The molecule has 2 N–H and O–H groups in total. The lowest BCUT2D eigenvalue weighted by molar-refractivity contribution is -0.136. The maximum absolute atomic E-state index is 12.2. The van der Waals surface area contributed by atoms with Gasteiger partial charge in [-0.15, -0.1) is 0 Å². The molecule has 0 spiro atoms. The Balaban J connectivity index is 1.72. The van der Waals surface area contributed by atoms with E-state index in [1.807, 2.05) is 30.5 Å². The first-order valence-electron chi connectivity index (χ1n) is 9.33. The summed E-state index contributed by atoms with van der Waals surface area (Å²) in [5.74, 6) is -1.49. The molecule has 1 heterocycles. The number of nitrogens with one attached hydrogen (secondary N) is 2. The number of nitrogens with zero attached hydrogens (tertiary/aromatic N) is 2. The van der Waals surface area contributed by atoms with Crippen molar-refractivity contribution in [3.05, 3.63) is 74.5 Å². The molecule has 3 aromatic rings. The minimum absolute atomic E-state index is 0.271. The van der Waals surface area contributed by atoms with Gasteiger partial charge in [0, 0.05) is 27.0 Å². The van der Waals surface area contributed by atoms with Gasteiger partial charge in [0.25, 0.3) is 0 Å². The second-order valence-corrected chi connectivity index (χ2v) is 8.04. The smallest absolute Gasteiger partial charge is 0.329 e.